The van der Waals surface area contributed by atoms with Gasteiger partial charge in [0.2, 0.25) is 5.91 Å². The molecule has 6 heteroatoms. The molecule has 0 saturated heterocycles. The third-order valence-electron chi connectivity index (χ3n) is 6.43. The van der Waals surface area contributed by atoms with E-state index in [1.165, 1.54) is 0 Å². The highest BCUT2D eigenvalue weighted by molar-refractivity contribution is 5.99. The molecule has 1 atom stereocenters. The van der Waals surface area contributed by atoms with Gasteiger partial charge in [-0.2, -0.15) is 0 Å². The lowest BCUT2D eigenvalue weighted by Gasteiger charge is -2.33. The summed E-state index contributed by atoms with van der Waals surface area (Å²) >= 11 is 0. The zero-order valence-corrected chi connectivity index (χ0v) is 19.6. The zero-order valence-electron chi connectivity index (χ0n) is 19.6. The molecule has 1 aliphatic heterocycles. The number of rotatable bonds is 6. The van der Waals surface area contributed by atoms with Crippen molar-refractivity contribution in [3.8, 4) is 0 Å². The Morgan fingerprint density at radius 3 is 2.69 bits per heavy atom. The molecule has 1 fully saturated rings. The van der Waals surface area contributed by atoms with Crippen molar-refractivity contribution in [1.29, 1.82) is 0 Å². The quantitative estimate of drug-likeness (QED) is 0.623. The highest BCUT2D eigenvalue weighted by atomic mass is 16.5. The molecule has 1 amide bonds. The van der Waals surface area contributed by atoms with Gasteiger partial charge in [0.25, 0.3) is 0 Å². The Bertz CT molecular complexity index is 938. The summed E-state index contributed by atoms with van der Waals surface area (Å²) < 4.78 is 11.8. The minimum absolute atomic E-state index is 0.0149. The number of carbonyl (C=O) groups is 1. The van der Waals surface area contributed by atoms with Crippen LogP contribution in [0.2, 0.25) is 0 Å². The molecular formula is C26H35N3O3. The summed E-state index contributed by atoms with van der Waals surface area (Å²) in [6.07, 6.45) is 5.85. The van der Waals surface area contributed by atoms with Crippen molar-refractivity contribution in [2.24, 2.45) is 5.92 Å². The fourth-order valence-corrected chi connectivity index (χ4v) is 4.79. The number of nitrogens with one attached hydrogen (secondary N) is 1. The van der Waals surface area contributed by atoms with Crippen molar-refractivity contribution in [3.05, 3.63) is 47.7 Å². The lowest BCUT2D eigenvalue weighted by molar-refractivity contribution is -0.124. The first-order chi connectivity index (χ1) is 15.5. The van der Waals surface area contributed by atoms with E-state index in [4.69, 9.17) is 9.47 Å². The Balaban J connectivity index is 1.63. The zero-order chi connectivity index (χ0) is 22.7. The maximum atomic E-state index is 13.8. The summed E-state index contributed by atoms with van der Waals surface area (Å²) in [5.41, 5.74) is 3.89. The van der Waals surface area contributed by atoms with Gasteiger partial charge in [-0.15, -0.1) is 0 Å². The number of amides is 1. The number of aromatic nitrogens is 1. The van der Waals surface area contributed by atoms with E-state index in [0.717, 1.165) is 54.0 Å². The fraction of sp³-hybridized carbons (Fsp3) is 0.538. The molecule has 4 rings (SSSR count). The molecule has 1 aromatic heterocycles. The van der Waals surface area contributed by atoms with Crippen molar-refractivity contribution in [2.45, 2.75) is 78.2 Å². The second kappa shape index (κ2) is 10.0. The molecule has 0 bridgehead atoms. The number of pyridine rings is 1. The second-order valence-corrected chi connectivity index (χ2v) is 9.09. The molecule has 1 aliphatic carbocycles. The van der Waals surface area contributed by atoms with Crippen LogP contribution in [0.15, 0.2) is 36.5 Å². The largest absolute Gasteiger partial charge is 0.376 e. The molecule has 2 heterocycles. The molecule has 1 unspecified atom stereocenters. The van der Waals surface area contributed by atoms with E-state index < -0.39 is 0 Å². The normalized spacial score (nSPS) is 21.3. The van der Waals surface area contributed by atoms with E-state index >= 15 is 0 Å². The number of carbonyl (C=O) groups excluding carboxylic acids is 1. The minimum Gasteiger partial charge on any atom is -0.376 e. The predicted octanol–water partition coefficient (Wildman–Crippen LogP) is 5.75. The van der Waals surface area contributed by atoms with Crippen LogP contribution >= 0.6 is 0 Å². The minimum atomic E-state index is -0.0328. The predicted molar refractivity (Wildman–Crippen MR) is 127 cm³/mol. The standard InChI is InChI=1S/C26H35N3O3/c1-5-31-18(4)20-10-13-23-24(15-20)29(16-21-7-6-14-27-25(21)28-23)26(30)19-8-11-22(12-9-19)32-17(2)3/h6-7,10,13-15,17-19,22H,5,8-9,11-12,16H2,1-4H3,(H,27,28)/t18?,19-,22-. The van der Waals surface area contributed by atoms with Gasteiger partial charge >= 0.3 is 0 Å². The average molecular weight is 438 g/mol. The Morgan fingerprint density at radius 2 is 1.97 bits per heavy atom. The van der Waals surface area contributed by atoms with Crippen LogP contribution in [0.3, 0.4) is 0 Å². The summed E-state index contributed by atoms with van der Waals surface area (Å²) in [5.74, 6) is 1.01. The van der Waals surface area contributed by atoms with Gasteiger partial charge in [0.05, 0.1) is 36.2 Å². The maximum Gasteiger partial charge on any atom is 0.230 e. The maximum absolute atomic E-state index is 13.8. The number of benzene rings is 1. The summed E-state index contributed by atoms with van der Waals surface area (Å²) in [6.45, 7) is 9.36. The Morgan fingerprint density at radius 1 is 1.19 bits per heavy atom. The molecule has 1 aromatic carbocycles. The van der Waals surface area contributed by atoms with E-state index in [-0.39, 0.29) is 30.1 Å². The molecule has 2 aromatic rings. The van der Waals surface area contributed by atoms with Crippen molar-refractivity contribution < 1.29 is 14.3 Å². The van der Waals surface area contributed by atoms with Crippen LogP contribution in [0.4, 0.5) is 17.2 Å². The van der Waals surface area contributed by atoms with Gasteiger partial charge in [-0.25, -0.2) is 4.98 Å². The Hall–Kier alpha value is -2.44. The summed E-state index contributed by atoms with van der Waals surface area (Å²) in [7, 11) is 0. The summed E-state index contributed by atoms with van der Waals surface area (Å²) in [5, 5.41) is 3.45. The molecule has 6 nitrogen and oxygen atoms in total. The van der Waals surface area contributed by atoms with Crippen LogP contribution in [-0.2, 0) is 20.8 Å². The second-order valence-electron chi connectivity index (χ2n) is 9.09. The number of fused-ring (bicyclic) bond motifs is 2. The summed E-state index contributed by atoms with van der Waals surface area (Å²) in [6, 6.07) is 10.2. The van der Waals surface area contributed by atoms with E-state index in [1.807, 2.05) is 36.9 Å². The van der Waals surface area contributed by atoms with E-state index in [2.05, 4.69) is 36.3 Å². The smallest absolute Gasteiger partial charge is 0.230 e. The molecule has 0 radical (unpaired) electrons. The molecular weight excluding hydrogens is 402 g/mol. The van der Waals surface area contributed by atoms with Gasteiger partial charge in [0.15, 0.2) is 0 Å². The van der Waals surface area contributed by atoms with Gasteiger partial charge in [-0.3, -0.25) is 4.79 Å². The first-order valence-corrected chi connectivity index (χ1v) is 11.9. The fourth-order valence-electron chi connectivity index (χ4n) is 4.79. The van der Waals surface area contributed by atoms with Crippen LogP contribution in [0.5, 0.6) is 0 Å². The van der Waals surface area contributed by atoms with Crippen LogP contribution < -0.4 is 10.2 Å². The molecule has 2 aliphatic rings. The molecule has 1 N–H and O–H groups in total. The van der Waals surface area contributed by atoms with Gasteiger partial charge in [0, 0.05) is 24.3 Å². The highest BCUT2D eigenvalue weighted by Crippen LogP contribution is 2.39. The van der Waals surface area contributed by atoms with Crippen molar-refractivity contribution in [2.75, 3.05) is 16.8 Å². The van der Waals surface area contributed by atoms with Gasteiger partial charge < -0.3 is 19.7 Å². The number of anilines is 3. The number of ether oxygens (including phenoxy) is 2. The van der Waals surface area contributed by atoms with Crippen LogP contribution in [0.25, 0.3) is 0 Å². The van der Waals surface area contributed by atoms with Crippen LogP contribution in [0.1, 0.15) is 70.6 Å². The van der Waals surface area contributed by atoms with E-state index in [1.54, 1.807) is 6.20 Å². The monoisotopic (exact) mass is 437 g/mol. The van der Waals surface area contributed by atoms with Crippen molar-refractivity contribution in [1.82, 2.24) is 4.98 Å². The van der Waals surface area contributed by atoms with Gasteiger partial charge in [0.1, 0.15) is 5.82 Å². The van der Waals surface area contributed by atoms with E-state index in [0.29, 0.717) is 13.2 Å². The first kappa shape index (κ1) is 22.7. The van der Waals surface area contributed by atoms with E-state index in [9.17, 15) is 4.79 Å². The van der Waals surface area contributed by atoms with Crippen molar-refractivity contribution in [3.63, 3.8) is 0 Å². The summed E-state index contributed by atoms with van der Waals surface area (Å²) in [4.78, 5) is 20.3. The lowest BCUT2D eigenvalue weighted by Crippen LogP contribution is -2.38. The first-order valence-electron chi connectivity index (χ1n) is 11.9. The topological polar surface area (TPSA) is 63.7 Å². The third-order valence-corrected chi connectivity index (χ3v) is 6.43. The third kappa shape index (κ3) is 4.97. The van der Waals surface area contributed by atoms with Gasteiger partial charge in [-0.05, 0) is 77.1 Å². The lowest BCUT2D eigenvalue weighted by atomic mass is 9.86. The number of hydrogen-bond acceptors (Lipinski definition) is 5. The van der Waals surface area contributed by atoms with Gasteiger partial charge in [-0.1, -0.05) is 12.1 Å². The molecule has 32 heavy (non-hydrogen) atoms. The highest BCUT2D eigenvalue weighted by Gasteiger charge is 2.33. The Kier molecular flexibility index (Phi) is 7.11. The molecule has 1 saturated carbocycles. The number of nitrogens with zero attached hydrogens (tertiary/aromatic N) is 2. The van der Waals surface area contributed by atoms with Crippen LogP contribution in [-0.4, -0.2) is 29.7 Å². The van der Waals surface area contributed by atoms with Crippen LogP contribution in [0, 0.1) is 5.92 Å². The number of hydrogen-bond donors (Lipinski definition) is 1. The molecule has 0 spiro atoms. The SMILES string of the molecule is CCOC(C)c1ccc2c(c1)N(C(=O)[C@H]1CC[C@H](OC(C)C)CC1)Cc1cccnc1N2. The average Bonchev–Trinajstić information content (AvgIpc) is 2.95. The molecule has 172 valence electrons. The van der Waals surface area contributed by atoms with Crippen molar-refractivity contribution >= 4 is 23.1 Å². The Labute approximate surface area is 191 Å².